The number of nitrogens with zero attached hydrogens (tertiary/aromatic N) is 2. The highest BCUT2D eigenvalue weighted by Gasteiger charge is 2.37. The molecule has 0 fully saturated rings. The average Bonchev–Trinajstić information content (AvgIpc) is 2.61. The van der Waals surface area contributed by atoms with Crippen molar-refractivity contribution in [3.05, 3.63) is 33.8 Å². The minimum Gasteiger partial charge on any atom is -0.506 e. The molecule has 0 spiro atoms. The number of rotatable bonds is 2. The Morgan fingerprint density at radius 2 is 2.28 bits per heavy atom. The Morgan fingerprint density at radius 3 is 2.83 bits per heavy atom. The van der Waals surface area contributed by atoms with E-state index in [1.807, 2.05) is 0 Å². The minimum atomic E-state index is -1.36. The molecule has 1 aromatic rings. The number of nitrogens with two attached hydrogens (primary N) is 2. The van der Waals surface area contributed by atoms with Gasteiger partial charge in [-0.3, -0.25) is 4.57 Å². The summed E-state index contributed by atoms with van der Waals surface area (Å²) in [5.74, 6) is -0.210. The van der Waals surface area contributed by atoms with Gasteiger partial charge in [0.2, 0.25) is 6.23 Å². The van der Waals surface area contributed by atoms with E-state index < -0.39 is 18.0 Å². The van der Waals surface area contributed by atoms with Gasteiger partial charge in [0.25, 0.3) is 0 Å². The predicted molar refractivity (Wildman–Crippen MR) is 62.5 cm³/mol. The van der Waals surface area contributed by atoms with Gasteiger partial charge in [-0.05, 0) is 6.92 Å². The van der Waals surface area contributed by atoms with Crippen LogP contribution in [0.5, 0.6) is 0 Å². The molecule has 1 aliphatic heterocycles. The Kier molecular flexibility index (Phi) is 2.97. The fourth-order valence-corrected chi connectivity index (χ4v) is 1.69. The van der Waals surface area contributed by atoms with Gasteiger partial charge in [0.05, 0.1) is 6.54 Å². The molecule has 0 amide bonds. The molecular weight excluding hydrogens is 240 g/mol. The largest absolute Gasteiger partial charge is 0.506 e. The summed E-state index contributed by atoms with van der Waals surface area (Å²) in [7, 11) is 0. The van der Waals surface area contributed by atoms with Gasteiger partial charge in [-0.15, -0.1) is 0 Å². The summed E-state index contributed by atoms with van der Waals surface area (Å²) in [4.78, 5) is 15.3. The summed E-state index contributed by atoms with van der Waals surface area (Å²) in [6.45, 7) is 1.59. The number of aliphatic hydroxyl groups excluding tert-OH is 2. The first-order valence-electron chi connectivity index (χ1n) is 5.27. The molecule has 8 nitrogen and oxygen atoms in total. The van der Waals surface area contributed by atoms with Crippen LogP contribution in [0.4, 0.5) is 5.82 Å². The van der Waals surface area contributed by atoms with Crippen LogP contribution in [0.3, 0.4) is 0 Å². The van der Waals surface area contributed by atoms with Gasteiger partial charge in [-0.2, -0.15) is 4.98 Å². The van der Waals surface area contributed by atoms with Gasteiger partial charge in [0, 0.05) is 11.8 Å². The van der Waals surface area contributed by atoms with Gasteiger partial charge in [-0.25, -0.2) is 4.79 Å². The van der Waals surface area contributed by atoms with Crippen molar-refractivity contribution in [2.24, 2.45) is 5.73 Å². The Morgan fingerprint density at radius 1 is 1.61 bits per heavy atom. The van der Waals surface area contributed by atoms with Gasteiger partial charge in [-0.1, -0.05) is 0 Å². The van der Waals surface area contributed by atoms with E-state index in [1.54, 1.807) is 6.92 Å². The molecule has 1 aliphatic rings. The zero-order chi connectivity index (χ0) is 13.4. The fraction of sp³-hybridized carbons (Fsp3) is 0.400. The number of aromatic nitrogens is 2. The van der Waals surface area contributed by atoms with Crippen molar-refractivity contribution in [3.8, 4) is 0 Å². The van der Waals surface area contributed by atoms with E-state index in [0.717, 1.165) is 4.57 Å². The molecule has 1 unspecified atom stereocenters. The van der Waals surface area contributed by atoms with E-state index in [4.69, 9.17) is 16.2 Å². The standard InChI is InChI=1S/C10H14N4O4/c1-4-3-14(10(17)13-8(4)12)9-7(16)6(15)5(2-11)18-9/h3,7,9,15-16H,2,11H2,1H3,(H2,12,13,17)/t7?,9-/m1/s1. The molecule has 6 N–H and O–H groups in total. The van der Waals surface area contributed by atoms with Gasteiger partial charge in [0.15, 0.2) is 17.6 Å². The number of ether oxygens (including phenoxy) is 1. The number of aryl methyl sites for hydroxylation is 1. The summed E-state index contributed by atoms with van der Waals surface area (Å²) in [5, 5.41) is 19.4. The van der Waals surface area contributed by atoms with E-state index in [0.29, 0.717) is 5.56 Å². The molecule has 0 saturated heterocycles. The van der Waals surface area contributed by atoms with E-state index in [1.165, 1.54) is 6.20 Å². The van der Waals surface area contributed by atoms with Crippen LogP contribution in [0.1, 0.15) is 11.8 Å². The first-order chi connectivity index (χ1) is 8.45. The molecule has 0 saturated carbocycles. The van der Waals surface area contributed by atoms with E-state index in [2.05, 4.69) is 4.98 Å². The third-order valence-corrected chi connectivity index (χ3v) is 2.73. The first kappa shape index (κ1) is 12.4. The highest BCUT2D eigenvalue weighted by Crippen LogP contribution is 2.29. The molecule has 98 valence electrons. The third kappa shape index (κ3) is 1.81. The normalized spacial score (nSPS) is 23.3. The van der Waals surface area contributed by atoms with Crippen LogP contribution in [0.2, 0.25) is 0 Å². The summed E-state index contributed by atoms with van der Waals surface area (Å²) >= 11 is 0. The van der Waals surface area contributed by atoms with Crippen LogP contribution >= 0.6 is 0 Å². The van der Waals surface area contributed by atoms with Crippen molar-refractivity contribution in [1.82, 2.24) is 9.55 Å². The maximum atomic E-state index is 11.7. The molecule has 2 atom stereocenters. The quantitative estimate of drug-likeness (QED) is 0.517. The van der Waals surface area contributed by atoms with Crippen molar-refractivity contribution in [2.45, 2.75) is 19.3 Å². The Hall–Kier alpha value is -2.06. The molecule has 0 radical (unpaired) electrons. The predicted octanol–water partition coefficient (Wildman–Crippen LogP) is -1.25. The summed E-state index contributed by atoms with van der Waals surface area (Å²) in [5.41, 5.74) is 10.7. The lowest BCUT2D eigenvalue weighted by Gasteiger charge is -2.18. The lowest BCUT2D eigenvalue weighted by atomic mass is 10.2. The molecule has 1 aromatic heterocycles. The van der Waals surface area contributed by atoms with Crippen molar-refractivity contribution >= 4 is 5.82 Å². The monoisotopic (exact) mass is 254 g/mol. The number of hydrogen-bond donors (Lipinski definition) is 4. The average molecular weight is 254 g/mol. The summed E-state index contributed by atoms with van der Waals surface area (Å²) < 4.78 is 6.30. The second-order valence-electron chi connectivity index (χ2n) is 3.96. The van der Waals surface area contributed by atoms with Crippen LogP contribution in [0.25, 0.3) is 0 Å². The van der Waals surface area contributed by atoms with Gasteiger partial charge in [0.1, 0.15) is 5.82 Å². The Bertz CT molecular complexity index is 565. The van der Waals surface area contributed by atoms with Crippen molar-refractivity contribution in [1.29, 1.82) is 0 Å². The Balaban J connectivity index is 2.42. The number of anilines is 1. The first-order valence-corrected chi connectivity index (χ1v) is 5.27. The molecule has 0 bridgehead atoms. The summed E-state index contributed by atoms with van der Waals surface area (Å²) in [6.07, 6.45) is -1.03. The molecule has 0 aromatic carbocycles. The minimum absolute atomic E-state index is 0.0499. The topological polar surface area (TPSA) is 137 Å². The molecule has 18 heavy (non-hydrogen) atoms. The smallest absolute Gasteiger partial charge is 0.352 e. The van der Waals surface area contributed by atoms with Crippen LogP contribution in [-0.2, 0) is 4.74 Å². The second-order valence-corrected chi connectivity index (χ2v) is 3.96. The van der Waals surface area contributed by atoms with Crippen molar-refractivity contribution in [3.63, 3.8) is 0 Å². The van der Waals surface area contributed by atoms with Crippen LogP contribution in [-0.4, -0.2) is 32.4 Å². The van der Waals surface area contributed by atoms with Crippen LogP contribution in [0, 0.1) is 6.92 Å². The number of hydrogen-bond acceptors (Lipinski definition) is 7. The van der Waals surface area contributed by atoms with E-state index in [9.17, 15) is 15.0 Å². The zero-order valence-corrected chi connectivity index (χ0v) is 9.70. The van der Waals surface area contributed by atoms with Crippen molar-refractivity contribution in [2.75, 3.05) is 12.3 Å². The molecule has 0 aliphatic carbocycles. The molecule has 2 rings (SSSR count). The Labute approximate surface area is 102 Å². The lowest BCUT2D eigenvalue weighted by molar-refractivity contribution is -0.0116. The van der Waals surface area contributed by atoms with Crippen molar-refractivity contribution < 1.29 is 14.9 Å². The molecule has 8 heteroatoms. The SMILES string of the molecule is Cc1cn([C@@H]2OC(CN)=C(O)C2O)c(=O)nc1N. The van der Waals surface area contributed by atoms with Crippen LogP contribution < -0.4 is 17.2 Å². The molecular formula is C10H14N4O4. The van der Waals surface area contributed by atoms with Gasteiger partial charge < -0.3 is 26.4 Å². The van der Waals surface area contributed by atoms with Gasteiger partial charge >= 0.3 is 5.69 Å². The number of nitrogen functional groups attached to an aromatic ring is 1. The summed E-state index contributed by atoms with van der Waals surface area (Å²) in [6, 6.07) is 0. The van der Waals surface area contributed by atoms with E-state index >= 15 is 0 Å². The fourth-order valence-electron chi connectivity index (χ4n) is 1.69. The highest BCUT2D eigenvalue weighted by atomic mass is 16.5. The highest BCUT2D eigenvalue weighted by molar-refractivity contribution is 5.35. The van der Waals surface area contributed by atoms with E-state index in [-0.39, 0.29) is 23.9 Å². The second kappa shape index (κ2) is 4.31. The maximum absolute atomic E-state index is 11.7. The third-order valence-electron chi connectivity index (χ3n) is 2.73. The lowest BCUT2D eigenvalue weighted by Crippen LogP contribution is -2.33. The van der Waals surface area contributed by atoms with Crippen LogP contribution in [0.15, 0.2) is 22.5 Å². The zero-order valence-electron chi connectivity index (χ0n) is 9.70. The number of aliphatic hydroxyl groups is 2. The maximum Gasteiger partial charge on any atom is 0.352 e. The molecule has 2 heterocycles.